The maximum atomic E-state index is 10.9. The SMILES string of the molecule is Cc1cc(C)c(Nc2cc(-c3ccccc3)nc(NCC(=O)O)n2)c(C)c1. The van der Waals surface area contributed by atoms with Crippen LogP contribution < -0.4 is 10.6 Å². The number of carboxylic acid groups (broad SMARTS) is 1. The Morgan fingerprint density at radius 3 is 2.30 bits per heavy atom. The molecule has 1 aromatic heterocycles. The molecule has 2 aromatic carbocycles. The lowest BCUT2D eigenvalue weighted by atomic mass is 10.1. The first-order valence-electron chi connectivity index (χ1n) is 8.67. The van der Waals surface area contributed by atoms with E-state index in [0.717, 1.165) is 22.4 Å². The summed E-state index contributed by atoms with van der Waals surface area (Å²) in [6, 6.07) is 15.8. The Hall–Kier alpha value is -3.41. The van der Waals surface area contributed by atoms with E-state index in [1.807, 2.05) is 50.2 Å². The van der Waals surface area contributed by atoms with Crippen LogP contribution in [0.3, 0.4) is 0 Å². The van der Waals surface area contributed by atoms with Gasteiger partial charge >= 0.3 is 5.97 Å². The topological polar surface area (TPSA) is 87.1 Å². The Labute approximate surface area is 158 Å². The van der Waals surface area contributed by atoms with Crippen molar-refractivity contribution in [2.24, 2.45) is 0 Å². The Kier molecular flexibility index (Phi) is 5.35. The van der Waals surface area contributed by atoms with E-state index in [4.69, 9.17) is 5.11 Å². The standard InChI is InChI=1S/C21H22N4O2/c1-13-9-14(2)20(15(3)10-13)24-18-11-17(16-7-5-4-6-8-16)23-21(25-18)22-12-19(26)27/h4-11H,12H2,1-3H3,(H,26,27)(H2,22,23,24,25). The van der Waals surface area contributed by atoms with Crippen molar-refractivity contribution in [1.82, 2.24) is 9.97 Å². The van der Waals surface area contributed by atoms with E-state index in [0.29, 0.717) is 11.5 Å². The van der Waals surface area contributed by atoms with Gasteiger partial charge in [0.1, 0.15) is 12.4 Å². The molecule has 0 aliphatic heterocycles. The first kappa shape index (κ1) is 18.4. The summed E-state index contributed by atoms with van der Waals surface area (Å²) in [5.74, 6) is -0.0982. The molecule has 0 radical (unpaired) electrons. The molecule has 0 aliphatic rings. The highest BCUT2D eigenvalue weighted by Gasteiger charge is 2.10. The highest BCUT2D eigenvalue weighted by Crippen LogP contribution is 2.28. The van der Waals surface area contributed by atoms with Gasteiger partial charge in [-0.05, 0) is 31.9 Å². The summed E-state index contributed by atoms with van der Waals surface area (Å²) in [6.07, 6.45) is 0. The van der Waals surface area contributed by atoms with Crippen molar-refractivity contribution < 1.29 is 9.90 Å². The lowest BCUT2D eigenvalue weighted by Crippen LogP contribution is -2.15. The second kappa shape index (κ2) is 7.86. The van der Waals surface area contributed by atoms with Gasteiger partial charge in [0.25, 0.3) is 0 Å². The second-order valence-electron chi connectivity index (χ2n) is 6.47. The normalized spacial score (nSPS) is 10.5. The molecule has 6 nitrogen and oxygen atoms in total. The Morgan fingerprint density at radius 2 is 1.67 bits per heavy atom. The summed E-state index contributed by atoms with van der Waals surface area (Å²) in [5, 5.41) is 15.1. The molecule has 0 bridgehead atoms. The maximum absolute atomic E-state index is 10.9. The molecule has 0 saturated carbocycles. The van der Waals surface area contributed by atoms with Crippen LogP contribution in [0, 0.1) is 20.8 Å². The molecule has 3 aromatic rings. The Bertz CT molecular complexity index is 948. The average Bonchev–Trinajstić information content (AvgIpc) is 2.63. The predicted octanol–water partition coefficient (Wildman–Crippen LogP) is 4.31. The van der Waals surface area contributed by atoms with Crippen LogP contribution >= 0.6 is 0 Å². The van der Waals surface area contributed by atoms with Gasteiger partial charge in [-0.25, -0.2) is 4.98 Å². The van der Waals surface area contributed by atoms with Crippen molar-refractivity contribution in [3.8, 4) is 11.3 Å². The van der Waals surface area contributed by atoms with E-state index in [-0.39, 0.29) is 12.5 Å². The number of rotatable bonds is 6. The van der Waals surface area contributed by atoms with Crippen molar-refractivity contribution in [2.45, 2.75) is 20.8 Å². The van der Waals surface area contributed by atoms with E-state index in [1.165, 1.54) is 5.56 Å². The third-order valence-corrected chi connectivity index (χ3v) is 4.12. The first-order chi connectivity index (χ1) is 12.9. The molecule has 3 N–H and O–H groups in total. The lowest BCUT2D eigenvalue weighted by Gasteiger charge is -2.15. The third-order valence-electron chi connectivity index (χ3n) is 4.12. The number of benzene rings is 2. The smallest absolute Gasteiger partial charge is 0.322 e. The van der Waals surface area contributed by atoms with Crippen molar-refractivity contribution in [1.29, 1.82) is 0 Å². The molecular weight excluding hydrogens is 340 g/mol. The fourth-order valence-corrected chi connectivity index (χ4v) is 3.01. The molecule has 0 unspecified atom stereocenters. The average molecular weight is 362 g/mol. The number of aliphatic carboxylic acids is 1. The monoisotopic (exact) mass is 362 g/mol. The molecule has 0 spiro atoms. The summed E-state index contributed by atoms with van der Waals surface area (Å²) >= 11 is 0. The van der Waals surface area contributed by atoms with Gasteiger partial charge in [-0.2, -0.15) is 4.98 Å². The molecule has 3 rings (SSSR count). The summed E-state index contributed by atoms with van der Waals surface area (Å²) in [7, 11) is 0. The second-order valence-corrected chi connectivity index (χ2v) is 6.47. The van der Waals surface area contributed by atoms with Gasteiger partial charge in [0, 0.05) is 17.3 Å². The van der Waals surface area contributed by atoms with Crippen LogP contribution in [0.5, 0.6) is 0 Å². The third kappa shape index (κ3) is 4.61. The van der Waals surface area contributed by atoms with Crippen molar-refractivity contribution >= 4 is 23.4 Å². The summed E-state index contributed by atoms with van der Waals surface area (Å²) < 4.78 is 0. The van der Waals surface area contributed by atoms with Gasteiger partial charge < -0.3 is 15.7 Å². The molecule has 138 valence electrons. The number of hydrogen-bond acceptors (Lipinski definition) is 5. The van der Waals surface area contributed by atoms with Crippen LogP contribution in [-0.4, -0.2) is 27.6 Å². The number of carboxylic acids is 1. The van der Waals surface area contributed by atoms with Gasteiger partial charge in [-0.1, -0.05) is 48.0 Å². The van der Waals surface area contributed by atoms with Gasteiger partial charge in [0.2, 0.25) is 5.95 Å². The highest BCUT2D eigenvalue weighted by molar-refractivity contribution is 5.73. The van der Waals surface area contributed by atoms with Crippen molar-refractivity contribution in [3.63, 3.8) is 0 Å². The number of nitrogens with zero attached hydrogens (tertiary/aromatic N) is 2. The zero-order chi connectivity index (χ0) is 19.4. The van der Waals surface area contributed by atoms with E-state index >= 15 is 0 Å². The highest BCUT2D eigenvalue weighted by atomic mass is 16.4. The summed E-state index contributed by atoms with van der Waals surface area (Å²) in [4.78, 5) is 19.8. The zero-order valence-corrected chi connectivity index (χ0v) is 15.6. The Balaban J connectivity index is 2.01. The van der Waals surface area contributed by atoms with Crippen LogP contribution in [0.2, 0.25) is 0 Å². The molecular formula is C21H22N4O2. The van der Waals surface area contributed by atoms with Crippen LogP contribution in [-0.2, 0) is 4.79 Å². The number of nitrogens with one attached hydrogen (secondary N) is 2. The molecule has 0 aliphatic carbocycles. The number of aryl methyl sites for hydroxylation is 3. The van der Waals surface area contributed by atoms with E-state index in [1.54, 1.807) is 0 Å². The first-order valence-corrected chi connectivity index (χ1v) is 8.67. The molecule has 0 amide bonds. The fourth-order valence-electron chi connectivity index (χ4n) is 3.01. The van der Waals surface area contributed by atoms with Crippen molar-refractivity contribution in [3.05, 3.63) is 65.2 Å². The number of anilines is 3. The van der Waals surface area contributed by atoms with Gasteiger partial charge in [0.15, 0.2) is 0 Å². The predicted molar refractivity (Wildman–Crippen MR) is 108 cm³/mol. The maximum Gasteiger partial charge on any atom is 0.322 e. The van der Waals surface area contributed by atoms with Crippen LogP contribution in [0.1, 0.15) is 16.7 Å². The largest absolute Gasteiger partial charge is 0.480 e. The van der Waals surface area contributed by atoms with Crippen LogP contribution in [0.25, 0.3) is 11.3 Å². The summed E-state index contributed by atoms with van der Waals surface area (Å²) in [6.45, 7) is 5.91. The minimum Gasteiger partial charge on any atom is -0.480 e. The number of carbonyl (C=O) groups is 1. The molecule has 6 heteroatoms. The van der Waals surface area contributed by atoms with Crippen LogP contribution in [0.15, 0.2) is 48.5 Å². The molecule has 0 atom stereocenters. The number of hydrogen-bond donors (Lipinski definition) is 3. The minimum absolute atomic E-state index is 0.250. The number of aromatic nitrogens is 2. The molecule has 0 saturated heterocycles. The Morgan fingerprint density at radius 1 is 1.00 bits per heavy atom. The van der Waals surface area contributed by atoms with Gasteiger partial charge in [-0.3, -0.25) is 4.79 Å². The minimum atomic E-state index is -0.969. The van der Waals surface area contributed by atoms with E-state index in [2.05, 4.69) is 39.7 Å². The summed E-state index contributed by atoms with van der Waals surface area (Å²) in [5.41, 5.74) is 6.07. The molecule has 27 heavy (non-hydrogen) atoms. The zero-order valence-electron chi connectivity index (χ0n) is 15.6. The van der Waals surface area contributed by atoms with Crippen LogP contribution in [0.4, 0.5) is 17.5 Å². The van der Waals surface area contributed by atoms with E-state index in [9.17, 15) is 4.79 Å². The fraction of sp³-hybridized carbons (Fsp3) is 0.190. The molecule has 1 heterocycles. The quantitative estimate of drug-likeness (QED) is 0.606. The lowest BCUT2D eigenvalue weighted by molar-refractivity contribution is -0.134. The van der Waals surface area contributed by atoms with Crippen molar-refractivity contribution in [2.75, 3.05) is 17.2 Å². The van der Waals surface area contributed by atoms with Gasteiger partial charge in [-0.15, -0.1) is 0 Å². The van der Waals surface area contributed by atoms with E-state index < -0.39 is 5.97 Å². The van der Waals surface area contributed by atoms with Gasteiger partial charge in [0.05, 0.1) is 5.69 Å². The molecule has 0 fully saturated rings.